The summed E-state index contributed by atoms with van der Waals surface area (Å²) >= 11 is 0. The Morgan fingerprint density at radius 2 is 1.81 bits per heavy atom. The molecule has 0 saturated carbocycles. The number of halogens is 4. The molecule has 5 nitrogen and oxygen atoms in total. The van der Waals surface area contributed by atoms with E-state index in [4.69, 9.17) is 0 Å². The van der Waals surface area contributed by atoms with E-state index in [-0.39, 0.29) is 22.4 Å². The Bertz CT molecular complexity index is 1110. The maximum Gasteiger partial charge on any atom is 0.417 e. The minimum atomic E-state index is -4.61. The molecule has 4 aromatic rings. The van der Waals surface area contributed by atoms with Crippen molar-refractivity contribution >= 4 is 11.0 Å². The van der Waals surface area contributed by atoms with E-state index in [1.165, 1.54) is 29.1 Å². The minimum absolute atomic E-state index is 0.0199. The minimum Gasteiger partial charge on any atom is -0.275 e. The number of rotatable bonds is 2. The molecule has 4 rings (SSSR count). The number of pyridine rings is 1. The topological polar surface area (TPSA) is 48.5 Å². The first kappa shape index (κ1) is 16.2. The lowest BCUT2D eigenvalue weighted by atomic mass is 10.1. The van der Waals surface area contributed by atoms with Crippen LogP contribution in [0.5, 0.6) is 0 Å². The third-order valence-electron chi connectivity index (χ3n) is 3.93. The number of para-hydroxylation sites is 1. The summed E-state index contributed by atoms with van der Waals surface area (Å²) in [6, 6.07) is 6.64. The van der Waals surface area contributed by atoms with Crippen molar-refractivity contribution in [2.24, 2.45) is 7.05 Å². The van der Waals surface area contributed by atoms with Gasteiger partial charge in [-0.25, -0.2) is 14.1 Å². The average molecular weight is 361 g/mol. The molecular weight excluding hydrogens is 350 g/mol. The van der Waals surface area contributed by atoms with Crippen LogP contribution in [0.2, 0.25) is 0 Å². The molecule has 0 N–H and O–H groups in total. The lowest BCUT2D eigenvalue weighted by molar-refractivity contribution is -0.136. The van der Waals surface area contributed by atoms with Gasteiger partial charge in [-0.3, -0.25) is 4.68 Å². The normalized spacial score (nSPS) is 12.0. The molecule has 0 atom stereocenters. The summed E-state index contributed by atoms with van der Waals surface area (Å²) in [5.41, 5.74) is -0.448. The number of benzene rings is 1. The molecule has 0 saturated heterocycles. The summed E-state index contributed by atoms with van der Waals surface area (Å²) in [6.45, 7) is 0. The molecule has 0 fully saturated rings. The molecule has 132 valence electrons. The predicted molar refractivity (Wildman–Crippen MR) is 86.0 cm³/mol. The van der Waals surface area contributed by atoms with Crippen molar-refractivity contribution in [3.8, 4) is 16.9 Å². The van der Waals surface area contributed by atoms with Gasteiger partial charge in [-0.1, -0.05) is 12.1 Å². The van der Waals surface area contributed by atoms with Gasteiger partial charge < -0.3 is 0 Å². The quantitative estimate of drug-likeness (QED) is 0.508. The van der Waals surface area contributed by atoms with E-state index in [0.29, 0.717) is 5.56 Å². The van der Waals surface area contributed by atoms with Crippen LogP contribution >= 0.6 is 0 Å². The Kier molecular flexibility index (Phi) is 3.53. The van der Waals surface area contributed by atoms with Crippen LogP contribution in [0, 0.1) is 5.82 Å². The first-order chi connectivity index (χ1) is 12.3. The fraction of sp³-hybridized carbons (Fsp3) is 0.118. The van der Waals surface area contributed by atoms with Gasteiger partial charge in [-0.2, -0.15) is 23.4 Å². The van der Waals surface area contributed by atoms with Gasteiger partial charge in [0.25, 0.3) is 0 Å². The molecule has 0 aliphatic rings. The van der Waals surface area contributed by atoms with Crippen molar-refractivity contribution in [2.75, 3.05) is 0 Å². The lowest BCUT2D eigenvalue weighted by Crippen LogP contribution is -2.08. The summed E-state index contributed by atoms with van der Waals surface area (Å²) in [5, 5.41) is 7.69. The van der Waals surface area contributed by atoms with Gasteiger partial charge in [0, 0.05) is 18.8 Å². The van der Waals surface area contributed by atoms with Crippen LogP contribution in [0.4, 0.5) is 17.6 Å². The maximum atomic E-state index is 14.1. The number of alkyl halides is 3. The monoisotopic (exact) mass is 361 g/mol. The molecule has 0 bridgehead atoms. The first-order valence-electron chi connectivity index (χ1n) is 7.54. The smallest absolute Gasteiger partial charge is 0.275 e. The van der Waals surface area contributed by atoms with Gasteiger partial charge in [-0.15, -0.1) is 0 Å². The van der Waals surface area contributed by atoms with Gasteiger partial charge in [0.2, 0.25) is 0 Å². The van der Waals surface area contributed by atoms with E-state index >= 15 is 0 Å². The molecule has 0 aliphatic carbocycles. The highest BCUT2D eigenvalue weighted by Crippen LogP contribution is 2.37. The van der Waals surface area contributed by atoms with Crippen LogP contribution in [-0.4, -0.2) is 24.5 Å². The molecule has 3 aromatic heterocycles. The number of hydrogen-bond acceptors (Lipinski definition) is 3. The van der Waals surface area contributed by atoms with Gasteiger partial charge in [0.1, 0.15) is 11.5 Å². The van der Waals surface area contributed by atoms with Crippen molar-refractivity contribution in [3.63, 3.8) is 0 Å². The second-order valence-electron chi connectivity index (χ2n) is 5.70. The summed E-state index contributed by atoms with van der Waals surface area (Å²) in [7, 11) is 1.65. The molecule has 0 spiro atoms. The van der Waals surface area contributed by atoms with Crippen LogP contribution in [0.25, 0.3) is 28.0 Å². The molecular formula is C17H11F4N5. The summed E-state index contributed by atoms with van der Waals surface area (Å²) in [4.78, 5) is 4.29. The zero-order chi connectivity index (χ0) is 18.5. The molecule has 0 aliphatic heterocycles. The second kappa shape index (κ2) is 5.65. The van der Waals surface area contributed by atoms with Gasteiger partial charge in [0.15, 0.2) is 5.65 Å². The van der Waals surface area contributed by atoms with Crippen molar-refractivity contribution in [1.82, 2.24) is 24.5 Å². The fourth-order valence-corrected chi connectivity index (χ4v) is 2.74. The van der Waals surface area contributed by atoms with E-state index in [2.05, 4.69) is 15.2 Å². The highest BCUT2D eigenvalue weighted by molar-refractivity contribution is 5.84. The molecule has 0 unspecified atom stereocenters. The number of fused-ring (bicyclic) bond motifs is 1. The Hall–Kier alpha value is -3.23. The second-order valence-corrected chi connectivity index (χ2v) is 5.70. The lowest BCUT2D eigenvalue weighted by Gasteiger charge is -2.11. The SMILES string of the molecule is Cn1cc(-c2cc(C(F)(F)F)c3cnn(-c4ccccc4F)c3n2)cn1. The molecule has 0 radical (unpaired) electrons. The van der Waals surface area contributed by atoms with Gasteiger partial charge in [0.05, 0.1) is 29.0 Å². The average Bonchev–Trinajstić information content (AvgIpc) is 3.20. The van der Waals surface area contributed by atoms with Crippen LogP contribution in [0.3, 0.4) is 0 Å². The van der Waals surface area contributed by atoms with Crippen LogP contribution in [0.15, 0.2) is 48.9 Å². The number of aryl methyl sites for hydroxylation is 1. The highest BCUT2D eigenvalue weighted by Gasteiger charge is 2.35. The van der Waals surface area contributed by atoms with E-state index in [1.807, 2.05) is 0 Å². The summed E-state index contributed by atoms with van der Waals surface area (Å²) < 4.78 is 57.3. The molecule has 9 heteroatoms. The Balaban J connectivity index is 2.04. The van der Waals surface area contributed by atoms with Crippen molar-refractivity contribution in [1.29, 1.82) is 0 Å². The fourth-order valence-electron chi connectivity index (χ4n) is 2.74. The summed E-state index contributed by atoms with van der Waals surface area (Å²) in [5.74, 6) is -0.611. The van der Waals surface area contributed by atoms with Crippen LogP contribution in [0.1, 0.15) is 5.56 Å². The summed E-state index contributed by atoms with van der Waals surface area (Å²) in [6.07, 6.45) is -0.595. The number of hydrogen-bond donors (Lipinski definition) is 0. The molecule has 0 amide bonds. The Labute approximate surface area is 144 Å². The third-order valence-corrected chi connectivity index (χ3v) is 3.93. The van der Waals surface area contributed by atoms with Gasteiger partial charge in [-0.05, 0) is 18.2 Å². The highest BCUT2D eigenvalue weighted by atomic mass is 19.4. The number of nitrogens with zero attached hydrogens (tertiary/aromatic N) is 5. The maximum absolute atomic E-state index is 14.1. The first-order valence-corrected chi connectivity index (χ1v) is 7.54. The van der Waals surface area contributed by atoms with Crippen LogP contribution in [-0.2, 0) is 13.2 Å². The third kappa shape index (κ3) is 2.61. The molecule has 26 heavy (non-hydrogen) atoms. The predicted octanol–water partition coefficient (Wildman–Crippen LogP) is 3.98. The zero-order valence-electron chi connectivity index (χ0n) is 13.4. The molecule has 3 heterocycles. The number of aromatic nitrogens is 5. The Morgan fingerprint density at radius 1 is 1.04 bits per heavy atom. The van der Waals surface area contributed by atoms with Crippen molar-refractivity contribution in [2.45, 2.75) is 6.18 Å². The Morgan fingerprint density at radius 3 is 2.46 bits per heavy atom. The van der Waals surface area contributed by atoms with Gasteiger partial charge >= 0.3 is 6.18 Å². The molecule has 1 aromatic carbocycles. The zero-order valence-corrected chi connectivity index (χ0v) is 13.4. The van der Waals surface area contributed by atoms with Crippen molar-refractivity contribution in [3.05, 3.63) is 60.3 Å². The standard InChI is InChI=1S/C17H11F4N5/c1-25-9-10(7-22-25)14-6-12(17(19,20)21)11-8-23-26(16(11)24-14)15-5-3-2-4-13(15)18/h2-9H,1H3. The van der Waals surface area contributed by atoms with E-state index in [9.17, 15) is 17.6 Å². The van der Waals surface area contributed by atoms with E-state index in [1.54, 1.807) is 19.3 Å². The van der Waals surface area contributed by atoms with E-state index in [0.717, 1.165) is 16.9 Å². The largest absolute Gasteiger partial charge is 0.417 e. The van der Waals surface area contributed by atoms with E-state index < -0.39 is 17.6 Å². The van der Waals surface area contributed by atoms with Crippen molar-refractivity contribution < 1.29 is 17.6 Å². The van der Waals surface area contributed by atoms with Crippen LogP contribution < -0.4 is 0 Å².